The second-order valence-electron chi connectivity index (χ2n) is 4.20. The summed E-state index contributed by atoms with van der Waals surface area (Å²) in [6.07, 6.45) is 3.55. The Kier molecular flexibility index (Phi) is 2.69. The van der Waals surface area contributed by atoms with Crippen LogP contribution in [-0.2, 0) is 0 Å². The lowest BCUT2D eigenvalue weighted by Crippen LogP contribution is -1.85. The molecule has 1 aromatic heterocycles. The minimum atomic E-state index is 0.518. The van der Waals surface area contributed by atoms with Crippen molar-refractivity contribution in [3.8, 4) is 0 Å². The second kappa shape index (κ2) is 4.01. The standard InChI is InChI=1S/C15H16O/c1-5-12-13-9-11(10(3)4)7-8-15(13)16-14(12)6-2/h5-10H,1-2H2,3-4H3. The molecule has 0 aliphatic carbocycles. The molecule has 1 nitrogen and oxygen atoms in total. The Bertz CT molecular complexity index is 544. The molecule has 0 amide bonds. The Morgan fingerprint density at radius 2 is 1.94 bits per heavy atom. The third-order valence-electron chi connectivity index (χ3n) is 2.84. The van der Waals surface area contributed by atoms with E-state index >= 15 is 0 Å². The highest BCUT2D eigenvalue weighted by molar-refractivity contribution is 5.91. The normalized spacial score (nSPS) is 10.9. The number of furan rings is 1. The van der Waals surface area contributed by atoms with Crippen LogP contribution >= 0.6 is 0 Å². The number of fused-ring (bicyclic) bond motifs is 1. The Morgan fingerprint density at radius 3 is 2.50 bits per heavy atom. The fourth-order valence-corrected chi connectivity index (χ4v) is 1.87. The number of benzene rings is 1. The van der Waals surface area contributed by atoms with Crippen molar-refractivity contribution in [2.75, 3.05) is 0 Å². The van der Waals surface area contributed by atoms with E-state index in [-0.39, 0.29) is 0 Å². The van der Waals surface area contributed by atoms with Crippen molar-refractivity contribution in [2.24, 2.45) is 0 Å². The van der Waals surface area contributed by atoms with Crippen LogP contribution in [0.4, 0.5) is 0 Å². The van der Waals surface area contributed by atoms with E-state index in [9.17, 15) is 0 Å². The molecule has 0 fully saturated rings. The summed E-state index contributed by atoms with van der Waals surface area (Å²) in [4.78, 5) is 0. The van der Waals surface area contributed by atoms with Gasteiger partial charge < -0.3 is 4.42 Å². The first kappa shape index (κ1) is 10.7. The van der Waals surface area contributed by atoms with Crippen LogP contribution in [0.1, 0.15) is 36.7 Å². The zero-order valence-electron chi connectivity index (χ0n) is 9.79. The Morgan fingerprint density at radius 1 is 1.19 bits per heavy atom. The first-order valence-electron chi connectivity index (χ1n) is 5.48. The van der Waals surface area contributed by atoms with Crippen LogP contribution in [0.5, 0.6) is 0 Å². The molecular weight excluding hydrogens is 196 g/mol. The summed E-state index contributed by atoms with van der Waals surface area (Å²) in [7, 11) is 0. The van der Waals surface area contributed by atoms with Gasteiger partial charge in [-0.1, -0.05) is 39.1 Å². The predicted molar refractivity (Wildman–Crippen MR) is 70.5 cm³/mol. The molecule has 0 unspecified atom stereocenters. The highest BCUT2D eigenvalue weighted by Crippen LogP contribution is 2.30. The third kappa shape index (κ3) is 1.58. The molecule has 0 atom stereocenters. The molecule has 2 aromatic rings. The van der Waals surface area contributed by atoms with Crippen molar-refractivity contribution < 1.29 is 4.42 Å². The Hall–Kier alpha value is -1.76. The molecule has 2 rings (SSSR count). The molecule has 1 heteroatoms. The summed E-state index contributed by atoms with van der Waals surface area (Å²) in [6, 6.07) is 6.30. The van der Waals surface area contributed by atoms with E-state index in [0.29, 0.717) is 5.92 Å². The van der Waals surface area contributed by atoms with Gasteiger partial charge in [-0.25, -0.2) is 0 Å². The Labute approximate surface area is 96.1 Å². The van der Waals surface area contributed by atoms with Gasteiger partial charge in [-0.15, -0.1) is 0 Å². The summed E-state index contributed by atoms with van der Waals surface area (Å²) in [5.74, 6) is 1.31. The van der Waals surface area contributed by atoms with Crippen molar-refractivity contribution >= 4 is 23.1 Å². The van der Waals surface area contributed by atoms with Crippen LogP contribution in [0, 0.1) is 0 Å². The second-order valence-corrected chi connectivity index (χ2v) is 4.20. The Balaban J connectivity index is 2.75. The van der Waals surface area contributed by atoms with Gasteiger partial charge in [0.2, 0.25) is 0 Å². The lowest BCUT2D eigenvalue weighted by Gasteiger charge is -2.04. The maximum Gasteiger partial charge on any atom is 0.135 e. The van der Waals surface area contributed by atoms with Gasteiger partial charge in [0.1, 0.15) is 11.3 Å². The first-order valence-corrected chi connectivity index (χ1v) is 5.48. The smallest absolute Gasteiger partial charge is 0.135 e. The van der Waals surface area contributed by atoms with Gasteiger partial charge in [-0.2, -0.15) is 0 Å². The molecule has 16 heavy (non-hydrogen) atoms. The van der Waals surface area contributed by atoms with Crippen LogP contribution in [-0.4, -0.2) is 0 Å². The van der Waals surface area contributed by atoms with E-state index < -0.39 is 0 Å². The average Bonchev–Trinajstić information content (AvgIpc) is 2.65. The van der Waals surface area contributed by atoms with Crippen LogP contribution in [0.3, 0.4) is 0 Å². The van der Waals surface area contributed by atoms with Gasteiger partial charge in [0.15, 0.2) is 0 Å². The molecule has 1 heterocycles. The highest BCUT2D eigenvalue weighted by atomic mass is 16.3. The van der Waals surface area contributed by atoms with Crippen LogP contribution in [0.15, 0.2) is 35.8 Å². The average molecular weight is 212 g/mol. The fraction of sp³-hybridized carbons (Fsp3) is 0.200. The van der Waals surface area contributed by atoms with Crippen LogP contribution < -0.4 is 0 Å². The van der Waals surface area contributed by atoms with E-state index in [1.807, 2.05) is 12.1 Å². The quantitative estimate of drug-likeness (QED) is 0.709. The monoisotopic (exact) mass is 212 g/mol. The van der Waals surface area contributed by atoms with Gasteiger partial charge in [-0.05, 0) is 29.7 Å². The molecule has 0 N–H and O–H groups in total. The molecule has 0 spiro atoms. The molecule has 0 saturated carbocycles. The van der Waals surface area contributed by atoms with Crippen molar-refractivity contribution in [1.82, 2.24) is 0 Å². The van der Waals surface area contributed by atoms with Crippen LogP contribution in [0.2, 0.25) is 0 Å². The zero-order valence-corrected chi connectivity index (χ0v) is 9.79. The fourth-order valence-electron chi connectivity index (χ4n) is 1.87. The minimum absolute atomic E-state index is 0.518. The first-order chi connectivity index (χ1) is 7.67. The van der Waals surface area contributed by atoms with Crippen LogP contribution in [0.25, 0.3) is 23.1 Å². The summed E-state index contributed by atoms with van der Waals surface area (Å²) in [6.45, 7) is 11.9. The summed E-state index contributed by atoms with van der Waals surface area (Å²) < 4.78 is 5.68. The molecule has 1 aromatic carbocycles. The van der Waals surface area contributed by atoms with Gasteiger partial charge >= 0.3 is 0 Å². The maximum atomic E-state index is 5.68. The number of hydrogen-bond acceptors (Lipinski definition) is 1. The van der Waals surface area contributed by atoms with E-state index in [1.165, 1.54) is 5.56 Å². The van der Waals surface area contributed by atoms with Gasteiger partial charge in [0.25, 0.3) is 0 Å². The predicted octanol–water partition coefficient (Wildman–Crippen LogP) is 4.84. The van der Waals surface area contributed by atoms with E-state index in [0.717, 1.165) is 22.3 Å². The van der Waals surface area contributed by atoms with Crippen molar-refractivity contribution in [3.05, 3.63) is 48.2 Å². The topological polar surface area (TPSA) is 13.1 Å². The van der Waals surface area contributed by atoms with Gasteiger partial charge in [0, 0.05) is 10.9 Å². The molecule has 82 valence electrons. The van der Waals surface area contributed by atoms with E-state index in [4.69, 9.17) is 4.42 Å². The SMILES string of the molecule is C=Cc1oc2ccc(C(C)C)cc2c1C=C. The summed E-state index contributed by atoms with van der Waals surface area (Å²) >= 11 is 0. The van der Waals surface area contributed by atoms with Crippen molar-refractivity contribution in [3.63, 3.8) is 0 Å². The molecule has 0 aliphatic heterocycles. The molecule has 0 aliphatic rings. The van der Waals surface area contributed by atoms with Crippen molar-refractivity contribution in [1.29, 1.82) is 0 Å². The minimum Gasteiger partial charge on any atom is -0.456 e. The highest BCUT2D eigenvalue weighted by Gasteiger charge is 2.10. The lowest BCUT2D eigenvalue weighted by atomic mass is 10.00. The zero-order chi connectivity index (χ0) is 11.7. The molecule has 0 radical (unpaired) electrons. The number of rotatable bonds is 3. The summed E-state index contributed by atoms with van der Waals surface area (Å²) in [5, 5.41) is 1.12. The molecular formula is C15H16O. The maximum absolute atomic E-state index is 5.68. The third-order valence-corrected chi connectivity index (χ3v) is 2.84. The summed E-state index contributed by atoms with van der Waals surface area (Å²) in [5.41, 5.74) is 3.24. The molecule has 0 saturated heterocycles. The van der Waals surface area contributed by atoms with E-state index in [2.05, 4.69) is 39.1 Å². The number of hydrogen-bond donors (Lipinski definition) is 0. The molecule has 0 bridgehead atoms. The van der Waals surface area contributed by atoms with Crippen molar-refractivity contribution in [2.45, 2.75) is 19.8 Å². The lowest BCUT2D eigenvalue weighted by molar-refractivity contribution is 0.603. The van der Waals surface area contributed by atoms with Gasteiger partial charge in [0.05, 0.1) is 0 Å². The van der Waals surface area contributed by atoms with E-state index in [1.54, 1.807) is 6.08 Å². The van der Waals surface area contributed by atoms with Gasteiger partial charge in [-0.3, -0.25) is 0 Å². The largest absolute Gasteiger partial charge is 0.456 e.